The van der Waals surface area contributed by atoms with Crippen LogP contribution in [-0.2, 0) is 6.54 Å². The van der Waals surface area contributed by atoms with Gasteiger partial charge < -0.3 is 4.57 Å². The molecular formula is C13H11BrN2. The molecule has 2 nitrogen and oxygen atoms in total. The highest BCUT2D eigenvalue weighted by Crippen LogP contribution is 2.34. The van der Waals surface area contributed by atoms with Crippen molar-refractivity contribution in [1.29, 1.82) is 5.26 Å². The van der Waals surface area contributed by atoms with Gasteiger partial charge in [0.1, 0.15) is 6.07 Å². The fourth-order valence-corrected chi connectivity index (χ4v) is 2.69. The van der Waals surface area contributed by atoms with Crippen molar-refractivity contribution >= 4 is 26.8 Å². The molecule has 3 heteroatoms. The summed E-state index contributed by atoms with van der Waals surface area (Å²) in [5, 5.41) is 10.2. The summed E-state index contributed by atoms with van der Waals surface area (Å²) in [4.78, 5) is 0. The number of nitriles is 1. The van der Waals surface area contributed by atoms with Crippen molar-refractivity contribution in [3.05, 3.63) is 34.4 Å². The quantitative estimate of drug-likeness (QED) is 0.821. The Morgan fingerprint density at radius 3 is 2.94 bits per heavy atom. The van der Waals surface area contributed by atoms with Crippen molar-refractivity contribution in [3.63, 3.8) is 0 Å². The van der Waals surface area contributed by atoms with Gasteiger partial charge in [-0.2, -0.15) is 5.26 Å². The first-order valence-electron chi connectivity index (χ1n) is 5.47. The van der Waals surface area contributed by atoms with E-state index >= 15 is 0 Å². The normalized spacial score (nSPS) is 15.2. The number of hydrogen-bond donors (Lipinski definition) is 0. The van der Waals surface area contributed by atoms with Gasteiger partial charge in [-0.1, -0.05) is 22.0 Å². The van der Waals surface area contributed by atoms with Gasteiger partial charge in [0.05, 0.1) is 11.1 Å². The number of nitrogens with zero attached hydrogens (tertiary/aromatic N) is 2. The minimum absolute atomic E-state index is 0.767. The van der Waals surface area contributed by atoms with Gasteiger partial charge in [-0.25, -0.2) is 0 Å². The third kappa shape index (κ3) is 1.54. The first-order chi connectivity index (χ1) is 7.79. The molecular weight excluding hydrogens is 264 g/mol. The van der Waals surface area contributed by atoms with Crippen LogP contribution in [0.5, 0.6) is 0 Å². The molecule has 0 saturated heterocycles. The van der Waals surface area contributed by atoms with Crippen LogP contribution in [0.4, 0.5) is 0 Å². The van der Waals surface area contributed by atoms with Gasteiger partial charge in [-0.3, -0.25) is 0 Å². The molecule has 16 heavy (non-hydrogen) atoms. The van der Waals surface area contributed by atoms with E-state index in [0.29, 0.717) is 0 Å². The van der Waals surface area contributed by atoms with Gasteiger partial charge in [0.15, 0.2) is 0 Å². The third-order valence-electron chi connectivity index (χ3n) is 3.13. The van der Waals surface area contributed by atoms with E-state index in [4.69, 9.17) is 5.26 Å². The summed E-state index contributed by atoms with van der Waals surface area (Å²) < 4.78 is 3.23. The van der Waals surface area contributed by atoms with Crippen molar-refractivity contribution in [1.82, 2.24) is 4.57 Å². The molecule has 2 aromatic rings. The lowest BCUT2D eigenvalue weighted by molar-refractivity contribution is 0.647. The van der Waals surface area contributed by atoms with Crippen molar-refractivity contribution in [2.45, 2.75) is 19.4 Å². The Kier molecular flexibility index (Phi) is 2.26. The lowest BCUT2D eigenvalue weighted by Gasteiger charge is -2.03. The predicted molar refractivity (Wildman–Crippen MR) is 67.1 cm³/mol. The fourth-order valence-electron chi connectivity index (χ4n) is 2.12. The molecule has 1 fully saturated rings. The van der Waals surface area contributed by atoms with Gasteiger partial charge in [-0.15, -0.1) is 0 Å². The van der Waals surface area contributed by atoms with Crippen molar-refractivity contribution in [3.8, 4) is 6.07 Å². The highest BCUT2D eigenvalue weighted by Gasteiger charge is 2.23. The van der Waals surface area contributed by atoms with E-state index in [1.807, 2.05) is 18.3 Å². The maximum Gasteiger partial charge on any atom is 0.101 e. The molecule has 1 saturated carbocycles. The van der Waals surface area contributed by atoms with Gasteiger partial charge >= 0.3 is 0 Å². The monoisotopic (exact) mass is 274 g/mol. The van der Waals surface area contributed by atoms with Crippen LogP contribution in [-0.4, -0.2) is 4.57 Å². The second kappa shape index (κ2) is 3.64. The highest BCUT2D eigenvalue weighted by molar-refractivity contribution is 9.10. The van der Waals surface area contributed by atoms with Crippen LogP contribution >= 0.6 is 15.9 Å². The molecule has 0 spiro atoms. The molecule has 0 bridgehead atoms. The van der Waals surface area contributed by atoms with E-state index in [1.54, 1.807) is 0 Å². The molecule has 0 amide bonds. The zero-order valence-electron chi connectivity index (χ0n) is 8.78. The number of rotatable bonds is 2. The van der Waals surface area contributed by atoms with Crippen molar-refractivity contribution in [2.24, 2.45) is 5.92 Å². The average molecular weight is 275 g/mol. The predicted octanol–water partition coefficient (Wildman–Crippen LogP) is 3.69. The Morgan fingerprint density at radius 2 is 2.25 bits per heavy atom. The molecule has 0 N–H and O–H groups in total. The van der Waals surface area contributed by atoms with Crippen LogP contribution in [0.3, 0.4) is 0 Å². The third-order valence-corrected chi connectivity index (χ3v) is 3.79. The summed E-state index contributed by atoms with van der Waals surface area (Å²) in [7, 11) is 0. The van der Waals surface area contributed by atoms with Crippen LogP contribution in [0.2, 0.25) is 0 Å². The SMILES string of the molecule is N#Cc1cn(CC2CC2)c2cccc(Br)c12. The maximum absolute atomic E-state index is 9.14. The number of benzene rings is 1. The lowest BCUT2D eigenvalue weighted by atomic mass is 10.2. The molecule has 1 aliphatic rings. The zero-order valence-corrected chi connectivity index (χ0v) is 10.4. The summed E-state index contributed by atoms with van der Waals surface area (Å²) in [6, 6.07) is 8.38. The van der Waals surface area contributed by atoms with Crippen molar-refractivity contribution in [2.75, 3.05) is 0 Å². The Bertz CT molecular complexity index is 588. The Balaban J connectivity index is 2.21. The van der Waals surface area contributed by atoms with E-state index in [1.165, 1.54) is 12.8 Å². The van der Waals surface area contributed by atoms with Crippen LogP contribution in [0, 0.1) is 17.2 Å². The Labute approximate surface area is 103 Å². The molecule has 3 rings (SSSR count). The van der Waals surface area contributed by atoms with E-state index in [2.05, 4.69) is 32.6 Å². The summed E-state index contributed by atoms with van der Waals surface area (Å²) in [5.41, 5.74) is 1.93. The van der Waals surface area contributed by atoms with Gasteiger partial charge in [-0.05, 0) is 30.9 Å². The minimum Gasteiger partial charge on any atom is -0.346 e. The van der Waals surface area contributed by atoms with Gasteiger partial charge in [0, 0.05) is 22.6 Å². The molecule has 0 atom stereocenters. The molecule has 80 valence electrons. The first kappa shape index (κ1) is 9.92. The topological polar surface area (TPSA) is 28.7 Å². The first-order valence-corrected chi connectivity index (χ1v) is 6.26. The Morgan fingerprint density at radius 1 is 1.44 bits per heavy atom. The van der Waals surface area contributed by atoms with E-state index in [9.17, 15) is 0 Å². The van der Waals surface area contributed by atoms with Crippen LogP contribution < -0.4 is 0 Å². The molecule has 0 aliphatic heterocycles. The van der Waals surface area contributed by atoms with Crippen LogP contribution in [0.25, 0.3) is 10.9 Å². The standard InChI is InChI=1S/C13H11BrN2/c14-11-2-1-3-12-13(11)10(6-15)8-16(12)7-9-4-5-9/h1-3,8-9H,4-5,7H2. The van der Waals surface area contributed by atoms with Gasteiger partial charge in [0.2, 0.25) is 0 Å². The fraction of sp³-hybridized carbons (Fsp3) is 0.308. The minimum atomic E-state index is 0.767. The summed E-state index contributed by atoms with van der Waals surface area (Å²) in [5.74, 6) is 0.820. The smallest absolute Gasteiger partial charge is 0.101 e. The molecule has 1 heterocycles. The van der Waals surface area contributed by atoms with Gasteiger partial charge in [0.25, 0.3) is 0 Å². The largest absolute Gasteiger partial charge is 0.346 e. The highest BCUT2D eigenvalue weighted by atomic mass is 79.9. The zero-order chi connectivity index (χ0) is 11.1. The molecule has 0 radical (unpaired) electrons. The Hall–Kier alpha value is -1.27. The molecule has 0 unspecified atom stereocenters. The van der Waals surface area contributed by atoms with E-state index in [-0.39, 0.29) is 0 Å². The second-order valence-electron chi connectivity index (χ2n) is 4.38. The maximum atomic E-state index is 9.14. The molecule has 1 aromatic carbocycles. The van der Waals surface area contributed by atoms with E-state index < -0.39 is 0 Å². The lowest BCUT2D eigenvalue weighted by Crippen LogP contribution is -1.97. The molecule has 1 aliphatic carbocycles. The van der Waals surface area contributed by atoms with E-state index in [0.717, 1.165) is 33.4 Å². The molecule has 1 aromatic heterocycles. The number of fused-ring (bicyclic) bond motifs is 1. The summed E-state index contributed by atoms with van der Waals surface area (Å²) in [6.07, 6.45) is 4.64. The number of hydrogen-bond acceptors (Lipinski definition) is 1. The summed E-state index contributed by atoms with van der Waals surface area (Å²) in [6.45, 7) is 1.05. The van der Waals surface area contributed by atoms with Crippen LogP contribution in [0.15, 0.2) is 28.9 Å². The van der Waals surface area contributed by atoms with Crippen LogP contribution in [0.1, 0.15) is 18.4 Å². The summed E-state index contributed by atoms with van der Waals surface area (Å²) >= 11 is 3.52. The number of halogens is 1. The number of aromatic nitrogens is 1. The van der Waals surface area contributed by atoms with Crippen molar-refractivity contribution < 1.29 is 0 Å². The second-order valence-corrected chi connectivity index (χ2v) is 5.24. The average Bonchev–Trinajstić information content (AvgIpc) is 3.01.